The van der Waals surface area contributed by atoms with Crippen LogP contribution in [0.1, 0.15) is 28.0 Å². The molecule has 0 bridgehead atoms. The molecule has 4 rings (SSSR count). The van der Waals surface area contributed by atoms with Crippen LogP contribution in [0.3, 0.4) is 0 Å². The Labute approximate surface area is 147 Å². The van der Waals surface area contributed by atoms with E-state index < -0.39 is 0 Å². The predicted molar refractivity (Wildman–Crippen MR) is 95.7 cm³/mol. The first-order valence-corrected chi connectivity index (χ1v) is 8.75. The summed E-state index contributed by atoms with van der Waals surface area (Å²) in [6, 6.07) is 12.2. The maximum absolute atomic E-state index is 13.6. The molecule has 5 heteroatoms. The number of amides is 1. The van der Waals surface area contributed by atoms with E-state index in [1.165, 1.54) is 6.07 Å². The molecule has 1 atom stereocenters. The Bertz CT molecular complexity index is 934. The van der Waals surface area contributed by atoms with E-state index in [9.17, 15) is 9.18 Å². The summed E-state index contributed by atoms with van der Waals surface area (Å²) in [5.74, 6) is -0.305. The van der Waals surface area contributed by atoms with E-state index in [4.69, 9.17) is 0 Å². The van der Waals surface area contributed by atoms with Gasteiger partial charge in [-0.3, -0.25) is 4.79 Å². The number of rotatable bonds is 2. The molecule has 0 fully saturated rings. The van der Waals surface area contributed by atoms with E-state index in [2.05, 4.69) is 26.2 Å². The molecule has 3 nitrogen and oxygen atoms in total. The van der Waals surface area contributed by atoms with Gasteiger partial charge in [0.05, 0.1) is 0 Å². The van der Waals surface area contributed by atoms with Gasteiger partial charge in [-0.15, -0.1) is 0 Å². The van der Waals surface area contributed by atoms with E-state index in [1.54, 1.807) is 18.2 Å². The minimum Gasteiger partial charge on any atom is -0.358 e. The minimum absolute atomic E-state index is 0.0613. The highest BCUT2D eigenvalue weighted by atomic mass is 79.9. The van der Waals surface area contributed by atoms with Gasteiger partial charge < -0.3 is 10.3 Å². The zero-order chi connectivity index (χ0) is 16.7. The van der Waals surface area contributed by atoms with Crippen molar-refractivity contribution in [2.75, 3.05) is 0 Å². The number of hydrogen-bond donors (Lipinski definition) is 2. The third kappa shape index (κ3) is 2.84. The first-order chi connectivity index (χ1) is 11.6. The van der Waals surface area contributed by atoms with Crippen molar-refractivity contribution < 1.29 is 9.18 Å². The molecule has 0 saturated carbocycles. The van der Waals surface area contributed by atoms with E-state index in [-0.39, 0.29) is 17.8 Å². The van der Waals surface area contributed by atoms with Crippen LogP contribution in [-0.4, -0.2) is 16.9 Å². The zero-order valence-corrected chi connectivity index (χ0v) is 14.5. The highest BCUT2D eigenvalue weighted by Crippen LogP contribution is 2.30. The van der Waals surface area contributed by atoms with Crippen molar-refractivity contribution in [1.82, 2.24) is 10.3 Å². The SMILES string of the molecule is O=C(NC1CCc2[nH]c3ccc(F)cc3c2C1)c1cccc(Br)c1. The Morgan fingerprint density at radius 1 is 1.25 bits per heavy atom. The summed E-state index contributed by atoms with van der Waals surface area (Å²) in [7, 11) is 0. The Morgan fingerprint density at radius 3 is 2.96 bits per heavy atom. The Morgan fingerprint density at radius 2 is 2.12 bits per heavy atom. The molecule has 1 aliphatic carbocycles. The molecule has 2 N–H and O–H groups in total. The number of carbonyl (C=O) groups excluding carboxylic acids is 1. The Kier molecular flexibility index (Phi) is 3.88. The van der Waals surface area contributed by atoms with E-state index >= 15 is 0 Å². The lowest BCUT2D eigenvalue weighted by Gasteiger charge is -2.23. The standard InChI is InChI=1S/C19H16BrFN2O/c20-12-3-1-2-11(8-12)19(24)22-14-5-7-18-16(10-14)15-9-13(21)4-6-17(15)23-18/h1-4,6,8-9,14,23H,5,7,10H2,(H,22,24). The van der Waals surface area contributed by atoms with Crippen LogP contribution in [0.15, 0.2) is 46.9 Å². The molecule has 1 aliphatic rings. The van der Waals surface area contributed by atoms with E-state index in [1.807, 2.05) is 18.2 Å². The van der Waals surface area contributed by atoms with Crippen LogP contribution in [0.25, 0.3) is 10.9 Å². The molecule has 3 aromatic rings. The van der Waals surface area contributed by atoms with Crippen LogP contribution in [0, 0.1) is 5.82 Å². The topological polar surface area (TPSA) is 44.9 Å². The molecular weight excluding hydrogens is 371 g/mol. The van der Waals surface area contributed by atoms with Gasteiger partial charge in [-0.25, -0.2) is 4.39 Å². The van der Waals surface area contributed by atoms with Gasteiger partial charge >= 0.3 is 0 Å². The summed E-state index contributed by atoms with van der Waals surface area (Å²) in [5.41, 5.74) is 3.87. The molecule has 1 amide bonds. The van der Waals surface area contributed by atoms with E-state index in [0.717, 1.165) is 45.9 Å². The molecule has 24 heavy (non-hydrogen) atoms. The predicted octanol–water partition coefficient (Wildman–Crippen LogP) is 4.36. The monoisotopic (exact) mass is 386 g/mol. The smallest absolute Gasteiger partial charge is 0.251 e. The molecule has 0 aliphatic heterocycles. The van der Waals surface area contributed by atoms with Crippen molar-refractivity contribution in [2.24, 2.45) is 0 Å². The molecule has 2 aromatic carbocycles. The lowest BCUT2D eigenvalue weighted by Crippen LogP contribution is -2.38. The third-order valence-corrected chi connectivity index (χ3v) is 5.07. The number of halogens is 2. The largest absolute Gasteiger partial charge is 0.358 e. The zero-order valence-electron chi connectivity index (χ0n) is 12.9. The molecule has 0 radical (unpaired) electrons. The second-order valence-corrected chi connectivity index (χ2v) is 7.11. The fourth-order valence-corrected chi connectivity index (χ4v) is 3.81. The van der Waals surface area contributed by atoms with Crippen molar-refractivity contribution in [2.45, 2.75) is 25.3 Å². The van der Waals surface area contributed by atoms with E-state index in [0.29, 0.717) is 5.56 Å². The Hall–Kier alpha value is -2.14. The number of carbonyl (C=O) groups is 1. The lowest BCUT2D eigenvalue weighted by molar-refractivity contribution is 0.0933. The molecule has 1 aromatic heterocycles. The average Bonchev–Trinajstić information content (AvgIpc) is 2.92. The van der Waals surface area contributed by atoms with Crippen LogP contribution >= 0.6 is 15.9 Å². The fourth-order valence-electron chi connectivity index (χ4n) is 3.41. The molecule has 0 spiro atoms. The van der Waals surface area contributed by atoms with Gasteiger partial charge in [0.15, 0.2) is 0 Å². The quantitative estimate of drug-likeness (QED) is 0.675. The van der Waals surface area contributed by atoms with Gasteiger partial charge in [-0.2, -0.15) is 0 Å². The second kappa shape index (κ2) is 6.06. The van der Waals surface area contributed by atoms with Gasteiger partial charge in [-0.1, -0.05) is 22.0 Å². The van der Waals surface area contributed by atoms with Crippen LogP contribution in [0.2, 0.25) is 0 Å². The van der Waals surface area contributed by atoms with Crippen LogP contribution in [0.4, 0.5) is 4.39 Å². The van der Waals surface area contributed by atoms with Crippen molar-refractivity contribution >= 4 is 32.7 Å². The highest BCUT2D eigenvalue weighted by Gasteiger charge is 2.24. The second-order valence-electron chi connectivity index (χ2n) is 6.20. The number of nitrogens with one attached hydrogen (secondary N) is 2. The molecule has 0 saturated heterocycles. The van der Waals surface area contributed by atoms with Gasteiger partial charge in [0.2, 0.25) is 0 Å². The van der Waals surface area contributed by atoms with Crippen LogP contribution < -0.4 is 5.32 Å². The summed E-state index contributed by atoms with van der Waals surface area (Å²) in [6.07, 6.45) is 2.45. The summed E-state index contributed by atoms with van der Waals surface area (Å²) < 4.78 is 14.4. The fraction of sp³-hybridized carbons (Fsp3) is 0.211. The summed E-state index contributed by atoms with van der Waals surface area (Å²) in [5, 5.41) is 4.03. The molecular formula is C19H16BrFN2O. The Balaban J connectivity index is 1.57. The normalized spacial score (nSPS) is 16.8. The van der Waals surface area contributed by atoms with Crippen molar-refractivity contribution in [3.05, 3.63) is 69.6 Å². The third-order valence-electron chi connectivity index (χ3n) is 4.57. The minimum atomic E-state index is -0.232. The number of hydrogen-bond acceptors (Lipinski definition) is 1. The van der Waals surface area contributed by atoms with Crippen LogP contribution in [0.5, 0.6) is 0 Å². The lowest BCUT2D eigenvalue weighted by atomic mass is 9.91. The highest BCUT2D eigenvalue weighted by molar-refractivity contribution is 9.10. The number of fused-ring (bicyclic) bond motifs is 3. The molecule has 1 unspecified atom stereocenters. The number of aromatic nitrogens is 1. The number of H-pyrrole nitrogens is 1. The van der Waals surface area contributed by atoms with Gasteiger partial charge in [0.25, 0.3) is 5.91 Å². The first-order valence-electron chi connectivity index (χ1n) is 7.95. The van der Waals surface area contributed by atoms with Gasteiger partial charge in [0.1, 0.15) is 5.82 Å². The first kappa shape index (κ1) is 15.4. The summed E-state index contributed by atoms with van der Waals surface area (Å²) in [6.45, 7) is 0. The van der Waals surface area contributed by atoms with Crippen molar-refractivity contribution in [3.63, 3.8) is 0 Å². The van der Waals surface area contributed by atoms with Crippen molar-refractivity contribution in [1.29, 1.82) is 0 Å². The average molecular weight is 387 g/mol. The number of aryl methyl sites for hydroxylation is 1. The number of aromatic amines is 1. The molecule has 1 heterocycles. The molecule has 122 valence electrons. The number of benzene rings is 2. The maximum atomic E-state index is 13.6. The van der Waals surface area contributed by atoms with Crippen LogP contribution in [-0.2, 0) is 12.8 Å². The summed E-state index contributed by atoms with van der Waals surface area (Å²) >= 11 is 3.39. The summed E-state index contributed by atoms with van der Waals surface area (Å²) in [4.78, 5) is 15.8. The van der Waals surface area contributed by atoms with Gasteiger partial charge in [0, 0.05) is 32.7 Å². The van der Waals surface area contributed by atoms with Crippen molar-refractivity contribution in [3.8, 4) is 0 Å². The maximum Gasteiger partial charge on any atom is 0.251 e. The van der Waals surface area contributed by atoms with Gasteiger partial charge in [-0.05, 0) is 61.2 Å².